The van der Waals surface area contributed by atoms with Crippen molar-refractivity contribution in [1.29, 1.82) is 0 Å². The molecule has 5 nitrogen and oxygen atoms in total. The third-order valence-electron chi connectivity index (χ3n) is 3.74. The van der Waals surface area contributed by atoms with Gasteiger partial charge in [0.1, 0.15) is 6.10 Å². The molecule has 3 rings (SSSR count). The molecule has 0 radical (unpaired) electrons. The molecule has 0 aliphatic carbocycles. The number of furan rings is 1. The van der Waals surface area contributed by atoms with Crippen molar-refractivity contribution < 1.29 is 13.9 Å². The van der Waals surface area contributed by atoms with Crippen LogP contribution >= 0.6 is 11.6 Å². The summed E-state index contributed by atoms with van der Waals surface area (Å²) in [5.41, 5.74) is 1.34. The van der Waals surface area contributed by atoms with E-state index < -0.39 is 0 Å². The molecule has 0 N–H and O–H groups in total. The van der Waals surface area contributed by atoms with Crippen LogP contribution in [0.3, 0.4) is 0 Å². The van der Waals surface area contributed by atoms with Gasteiger partial charge in [0.15, 0.2) is 0 Å². The average molecular weight is 307 g/mol. The van der Waals surface area contributed by atoms with Crippen LogP contribution in [-0.2, 0) is 4.74 Å². The second kappa shape index (κ2) is 5.87. The second-order valence-corrected chi connectivity index (χ2v) is 5.30. The maximum Gasteiger partial charge on any atom is 0.258 e. The molecule has 3 heterocycles. The van der Waals surface area contributed by atoms with Gasteiger partial charge < -0.3 is 14.1 Å². The lowest BCUT2D eigenvalue weighted by Crippen LogP contribution is -2.38. The molecule has 0 spiro atoms. The molecule has 2 aromatic heterocycles. The number of likely N-dealkylation sites (N-methyl/N-ethyl adjacent to an activating group) is 1. The van der Waals surface area contributed by atoms with Crippen LogP contribution in [0, 0.1) is 0 Å². The number of hydrogen-bond donors (Lipinski definition) is 0. The first-order valence-electron chi connectivity index (χ1n) is 6.70. The lowest BCUT2D eigenvalue weighted by atomic mass is 10.0. The summed E-state index contributed by atoms with van der Waals surface area (Å²) < 4.78 is 10.8. The lowest BCUT2D eigenvalue weighted by molar-refractivity contribution is 0.0514. The zero-order valence-corrected chi connectivity index (χ0v) is 12.3. The van der Waals surface area contributed by atoms with Gasteiger partial charge in [-0.1, -0.05) is 6.07 Å². The van der Waals surface area contributed by atoms with Crippen LogP contribution in [-0.4, -0.2) is 35.5 Å². The summed E-state index contributed by atoms with van der Waals surface area (Å²) in [6, 6.07) is 5.35. The van der Waals surface area contributed by atoms with Gasteiger partial charge in [-0.15, -0.1) is 0 Å². The first-order chi connectivity index (χ1) is 10.2. The van der Waals surface area contributed by atoms with E-state index in [2.05, 4.69) is 4.98 Å². The van der Waals surface area contributed by atoms with E-state index in [1.165, 1.54) is 6.26 Å². The molecule has 2 atom stereocenters. The molecule has 21 heavy (non-hydrogen) atoms. The third-order valence-corrected chi connectivity index (χ3v) is 4.03. The van der Waals surface area contributed by atoms with Gasteiger partial charge in [0.05, 0.1) is 17.9 Å². The highest BCUT2D eigenvalue weighted by atomic mass is 35.5. The van der Waals surface area contributed by atoms with Gasteiger partial charge in [-0.2, -0.15) is 0 Å². The quantitative estimate of drug-likeness (QED) is 0.875. The summed E-state index contributed by atoms with van der Waals surface area (Å²) >= 11 is 5.88. The normalized spacial score (nSPS) is 21.4. The van der Waals surface area contributed by atoms with Crippen LogP contribution in [0.4, 0.5) is 0 Å². The molecule has 1 aliphatic rings. The zero-order chi connectivity index (χ0) is 14.8. The minimum absolute atomic E-state index is 0.0485. The summed E-state index contributed by atoms with van der Waals surface area (Å²) in [7, 11) is 1.76. The van der Waals surface area contributed by atoms with Gasteiger partial charge in [0.2, 0.25) is 5.22 Å². The van der Waals surface area contributed by atoms with Crippen LogP contribution in [0.2, 0.25) is 5.22 Å². The molecule has 2 aromatic rings. The number of aromatic nitrogens is 1. The lowest BCUT2D eigenvalue weighted by Gasteiger charge is -2.28. The summed E-state index contributed by atoms with van der Waals surface area (Å²) in [4.78, 5) is 18.3. The maximum atomic E-state index is 12.5. The third kappa shape index (κ3) is 2.66. The van der Waals surface area contributed by atoms with Crippen LogP contribution in [0.1, 0.15) is 28.4 Å². The fourth-order valence-electron chi connectivity index (χ4n) is 2.62. The summed E-state index contributed by atoms with van der Waals surface area (Å²) in [5, 5.41) is 0.115. The highest BCUT2D eigenvalue weighted by Gasteiger charge is 2.36. The fraction of sp³-hybridized carbons (Fsp3) is 0.333. The highest BCUT2D eigenvalue weighted by Crippen LogP contribution is 2.33. The summed E-state index contributed by atoms with van der Waals surface area (Å²) in [6.07, 6.45) is 5.50. The Labute approximate surface area is 127 Å². The monoisotopic (exact) mass is 306 g/mol. The Hall–Kier alpha value is -1.85. The Morgan fingerprint density at radius 2 is 2.33 bits per heavy atom. The molecule has 1 saturated heterocycles. The molecule has 6 heteroatoms. The van der Waals surface area contributed by atoms with Crippen molar-refractivity contribution in [2.75, 3.05) is 13.7 Å². The standard InChI is InChI=1S/C15H15ClN2O3/c1-18(15(19)11-4-7-21-14(11)16)12-5-8-20-13(12)10-3-2-6-17-9-10/h2-4,6-7,9,12-13H,5,8H2,1H3/t12-,13+/m0/s1. The van der Waals surface area contributed by atoms with Gasteiger partial charge in [0.25, 0.3) is 5.91 Å². The van der Waals surface area contributed by atoms with E-state index in [1.54, 1.807) is 30.4 Å². The molecule has 1 aliphatic heterocycles. The molecular weight excluding hydrogens is 292 g/mol. The molecule has 1 amide bonds. The molecule has 0 aromatic carbocycles. The van der Waals surface area contributed by atoms with E-state index in [0.29, 0.717) is 12.2 Å². The Morgan fingerprint density at radius 3 is 3.00 bits per heavy atom. The van der Waals surface area contributed by atoms with Gasteiger partial charge in [-0.3, -0.25) is 9.78 Å². The van der Waals surface area contributed by atoms with E-state index in [1.807, 2.05) is 12.1 Å². The number of rotatable bonds is 3. The van der Waals surface area contributed by atoms with Crippen LogP contribution in [0.25, 0.3) is 0 Å². The fourth-order valence-corrected chi connectivity index (χ4v) is 2.82. The molecule has 110 valence electrons. The predicted octanol–water partition coefficient (Wildman–Crippen LogP) is 2.93. The number of hydrogen-bond acceptors (Lipinski definition) is 4. The SMILES string of the molecule is CN(C(=O)c1ccoc1Cl)[C@H]1CCO[C@@H]1c1cccnc1. The second-order valence-electron chi connectivity index (χ2n) is 4.96. The maximum absolute atomic E-state index is 12.5. The summed E-state index contributed by atoms with van der Waals surface area (Å²) in [6.45, 7) is 0.612. The number of carbonyl (C=O) groups is 1. The van der Waals surface area contributed by atoms with E-state index in [9.17, 15) is 4.79 Å². The predicted molar refractivity (Wildman–Crippen MR) is 77.1 cm³/mol. The number of pyridine rings is 1. The van der Waals surface area contributed by atoms with Crippen molar-refractivity contribution in [1.82, 2.24) is 9.88 Å². The number of halogens is 1. The number of carbonyl (C=O) groups excluding carboxylic acids is 1. The largest absolute Gasteiger partial charge is 0.452 e. The molecule has 0 saturated carbocycles. The van der Waals surface area contributed by atoms with Gasteiger partial charge >= 0.3 is 0 Å². The number of nitrogens with zero attached hydrogens (tertiary/aromatic N) is 2. The van der Waals surface area contributed by atoms with Crippen LogP contribution in [0.15, 0.2) is 41.3 Å². The molecular formula is C15H15ClN2O3. The number of ether oxygens (including phenoxy) is 1. The first-order valence-corrected chi connectivity index (χ1v) is 7.08. The Kier molecular flexibility index (Phi) is 3.94. The van der Waals surface area contributed by atoms with Crippen molar-refractivity contribution in [2.45, 2.75) is 18.6 Å². The first kappa shape index (κ1) is 14.1. The number of amides is 1. The van der Waals surface area contributed by atoms with Crippen molar-refractivity contribution in [2.24, 2.45) is 0 Å². The minimum atomic E-state index is -0.168. The van der Waals surface area contributed by atoms with Gasteiger partial charge in [-0.25, -0.2) is 0 Å². The van der Waals surface area contributed by atoms with Crippen LogP contribution < -0.4 is 0 Å². The van der Waals surface area contributed by atoms with E-state index in [4.69, 9.17) is 20.8 Å². The smallest absolute Gasteiger partial charge is 0.258 e. The zero-order valence-electron chi connectivity index (χ0n) is 11.5. The van der Waals surface area contributed by atoms with Crippen molar-refractivity contribution in [3.63, 3.8) is 0 Å². The topological polar surface area (TPSA) is 55.6 Å². The van der Waals surface area contributed by atoms with Gasteiger partial charge in [-0.05, 0) is 30.2 Å². The van der Waals surface area contributed by atoms with Crippen molar-refractivity contribution in [3.05, 3.63) is 53.2 Å². The Morgan fingerprint density at radius 1 is 1.48 bits per heavy atom. The summed E-state index contributed by atoms with van der Waals surface area (Å²) in [5.74, 6) is -0.168. The van der Waals surface area contributed by atoms with E-state index in [0.717, 1.165) is 12.0 Å². The molecule has 1 fully saturated rings. The Balaban J connectivity index is 1.82. The minimum Gasteiger partial charge on any atom is -0.452 e. The van der Waals surface area contributed by atoms with Crippen molar-refractivity contribution >= 4 is 17.5 Å². The average Bonchev–Trinajstić information content (AvgIpc) is 3.15. The highest BCUT2D eigenvalue weighted by molar-refractivity contribution is 6.32. The Bertz CT molecular complexity index is 629. The molecule has 0 bridgehead atoms. The molecule has 0 unspecified atom stereocenters. The van der Waals surface area contributed by atoms with Crippen molar-refractivity contribution in [3.8, 4) is 0 Å². The van der Waals surface area contributed by atoms with Crippen LogP contribution in [0.5, 0.6) is 0 Å². The van der Waals surface area contributed by atoms with E-state index >= 15 is 0 Å². The van der Waals surface area contributed by atoms with Gasteiger partial charge in [0, 0.05) is 31.6 Å². The van der Waals surface area contributed by atoms with E-state index in [-0.39, 0.29) is 23.3 Å².